The van der Waals surface area contributed by atoms with Crippen molar-refractivity contribution in [3.8, 4) is 0 Å². The molecule has 0 fully saturated rings. The summed E-state index contributed by atoms with van der Waals surface area (Å²) in [4.78, 5) is 5.16. The van der Waals surface area contributed by atoms with Gasteiger partial charge in [0, 0.05) is 5.38 Å². The SMILES string of the molecule is CCCCCCCCc1csc([Si](C(C)C)(C(C)C)C(C)C)n1. The van der Waals surface area contributed by atoms with Crippen LogP contribution in [0.2, 0.25) is 16.6 Å². The molecule has 134 valence electrons. The molecule has 0 aliphatic carbocycles. The van der Waals surface area contributed by atoms with Crippen molar-refractivity contribution < 1.29 is 0 Å². The molecule has 0 bridgehead atoms. The molecule has 0 unspecified atom stereocenters. The van der Waals surface area contributed by atoms with Crippen molar-refractivity contribution >= 4 is 24.0 Å². The van der Waals surface area contributed by atoms with Gasteiger partial charge in [-0.3, -0.25) is 4.98 Å². The van der Waals surface area contributed by atoms with Crippen LogP contribution in [0.1, 0.15) is 92.7 Å². The van der Waals surface area contributed by atoms with E-state index in [4.69, 9.17) is 4.98 Å². The molecule has 1 nitrogen and oxygen atoms in total. The molecule has 3 heteroatoms. The van der Waals surface area contributed by atoms with Crippen LogP contribution >= 0.6 is 11.3 Å². The summed E-state index contributed by atoms with van der Waals surface area (Å²) in [7, 11) is -1.54. The highest BCUT2D eigenvalue weighted by Gasteiger charge is 2.46. The van der Waals surface area contributed by atoms with Crippen molar-refractivity contribution in [2.45, 2.75) is 110 Å². The van der Waals surface area contributed by atoms with E-state index in [-0.39, 0.29) is 0 Å². The lowest BCUT2D eigenvalue weighted by molar-refractivity contribution is 0.605. The van der Waals surface area contributed by atoms with Crippen LogP contribution in [0.4, 0.5) is 0 Å². The fourth-order valence-corrected chi connectivity index (χ4v) is 14.0. The fraction of sp³-hybridized carbons (Fsp3) is 0.850. The summed E-state index contributed by atoms with van der Waals surface area (Å²) < 4.78 is 1.51. The average molecular weight is 354 g/mol. The second-order valence-corrected chi connectivity index (χ2v) is 15.1. The molecule has 0 N–H and O–H groups in total. The van der Waals surface area contributed by atoms with Gasteiger partial charge in [-0.25, -0.2) is 0 Å². The molecular weight excluding hydrogens is 314 g/mol. The van der Waals surface area contributed by atoms with E-state index in [1.165, 1.54) is 55.3 Å². The van der Waals surface area contributed by atoms with Gasteiger partial charge in [-0.15, -0.1) is 11.3 Å². The second-order valence-electron chi connectivity index (χ2n) is 8.06. The molecule has 0 atom stereocenters. The number of aromatic nitrogens is 1. The number of aryl methyl sites for hydroxylation is 1. The van der Waals surface area contributed by atoms with Crippen LogP contribution in [0.25, 0.3) is 0 Å². The summed E-state index contributed by atoms with van der Waals surface area (Å²) in [5.41, 5.74) is 3.64. The zero-order valence-electron chi connectivity index (χ0n) is 16.6. The van der Waals surface area contributed by atoms with Crippen molar-refractivity contribution in [2.24, 2.45) is 0 Å². The van der Waals surface area contributed by atoms with Crippen molar-refractivity contribution in [1.82, 2.24) is 4.98 Å². The first-order valence-electron chi connectivity index (χ1n) is 9.82. The number of unbranched alkanes of at least 4 members (excludes halogenated alkanes) is 5. The molecule has 1 heterocycles. The first-order valence-corrected chi connectivity index (χ1v) is 12.9. The van der Waals surface area contributed by atoms with Gasteiger partial charge in [-0.1, -0.05) is 80.6 Å². The van der Waals surface area contributed by atoms with Crippen LogP contribution in [0.3, 0.4) is 0 Å². The van der Waals surface area contributed by atoms with Crippen molar-refractivity contribution in [1.29, 1.82) is 0 Å². The maximum absolute atomic E-state index is 5.16. The molecule has 0 aliphatic rings. The Hall–Kier alpha value is -0.153. The molecule has 1 aromatic heterocycles. The molecule has 0 radical (unpaired) electrons. The third kappa shape index (κ3) is 5.16. The highest BCUT2D eigenvalue weighted by atomic mass is 32.1. The molecule has 0 saturated heterocycles. The summed E-state index contributed by atoms with van der Waals surface area (Å²) in [6.07, 6.45) is 9.39. The molecule has 0 aliphatic heterocycles. The highest BCUT2D eigenvalue weighted by Crippen LogP contribution is 2.41. The zero-order chi connectivity index (χ0) is 17.5. The monoisotopic (exact) mass is 353 g/mol. The normalized spacial score (nSPS) is 12.8. The van der Waals surface area contributed by atoms with E-state index in [9.17, 15) is 0 Å². The predicted octanol–water partition coefficient (Wildman–Crippen LogP) is 6.93. The molecule has 0 saturated carbocycles. The lowest BCUT2D eigenvalue weighted by atomic mass is 10.1. The lowest BCUT2D eigenvalue weighted by Gasteiger charge is -2.41. The standard InChI is InChI=1S/C20H39NSSi/c1-8-9-10-11-12-13-14-19-15-22-20(21-19)23(16(2)3,17(4)5)18(6)7/h15-18H,8-14H2,1-7H3. The second kappa shape index (κ2) is 9.98. The number of hydrogen-bond acceptors (Lipinski definition) is 2. The summed E-state index contributed by atoms with van der Waals surface area (Å²) >= 11 is 1.96. The van der Waals surface area contributed by atoms with Crippen LogP contribution in [-0.2, 0) is 6.42 Å². The third-order valence-electron chi connectivity index (χ3n) is 5.57. The summed E-state index contributed by atoms with van der Waals surface area (Å²) in [6, 6.07) is 0. The minimum absolute atomic E-state index is 0.760. The lowest BCUT2D eigenvalue weighted by Crippen LogP contribution is -2.55. The Balaban J connectivity index is 2.72. The van der Waals surface area contributed by atoms with Gasteiger partial charge >= 0.3 is 0 Å². The maximum atomic E-state index is 5.16. The largest absolute Gasteiger partial charge is 0.251 e. The van der Waals surface area contributed by atoms with Crippen molar-refractivity contribution in [3.05, 3.63) is 11.1 Å². The Morgan fingerprint density at radius 3 is 1.91 bits per heavy atom. The van der Waals surface area contributed by atoms with E-state index >= 15 is 0 Å². The van der Waals surface area contributed by atoms with E-state index < -0.39 is 8.07 Å². The predicted molar refractivity (Wildman–Crippen MR) is 110 cm³/mol. The zero-order valence-corrected chi connectivity index (χ0v) is 18.4. The van der Waals surface area contributed by atoms with E-state index in [1.807, 2.05) is 11.3 Å². The smallest absolute Gasteiger partial charge is 0.131 e. The highest BCUT2D eigenvalue weighted by molar-refractivity contribution is 7.26. The molecule has 0 amide bonds. The summed E-state index contributed by atoms with van der Waals surface area (Å²) in [5, 5.41) is 2.36. The maximum Gasteiger partial charge on any atom is 0.131 e. The number of thiazole rings is 1. The van der Waals surface area contributed by atoms with E-state index in [0.717, 1.165) is 16.6 Å². The van der Waals surface area contributed by atoms with Crippen LogP contribution < -0.4 is 4.63 Å². The topological polar surface area (TPSA) is 12.9 Å². The Bertz CT molecular complexity index is 415. The Morgan fingerprint density at radius 2 is 1.39 bits per heavy atom. The summed E-state index contributed by atoms with van der Waals surface area (Å²) in [6.45, 7) is 16.9. The Labute approximate surface area is 150 Å². The van der Waals surface area contributed by atoms with E-state index in [2.05, 4.69) is 53.8 Å². The molecule has 0 spiro atoms. The molecule has 1 aromatic rings. The van der Waals surface area contributed by atoms with Gasteiger partial charge in [0.15, 0.2) is 0 Å². The van der Waals surface area contributed by atoms with Gasteiger partial charge in [0.25, 0.3) is 0 Å². The molecule has 23 heavy (non-hydrogen) atoms. The fourth-order valence-electron chi connectivity index (χ4n) is 4.45. The van der Waals surface area contributed by atoms with Gasteiger partial charge in [-0.05, 0) is 29.5 Å². The Kier molecular flexibility index (Phi) is 9.06. The minimum atomic E-state index is -1.54. The molecule has 1 rings (SSSR count). The quantitative estimate of drug-likeness (QED) is 0.310. The number of hydrogen-bond donors (Lipinski definition) is 0. The minimum Gasteiger partial charge on any atom is -0.251 e. The van der Waals surface area contributed by atoms with Crippen molar-refractivity contribution in [2.75, 3.05) is 0 Å². The first-order chi connectivity index (χ1) is 10.9. The van der Waals surface area contributed by atoms with Gasteiger partial charge in [0.05, 0.1) is 10.3 Å². The first kappa shape index (κ1) is 20.9. The third-order valence-corrected chi connectivity index (χ3v) is 14.3. The molecular formula is C20H39NSSi. The van der Waals surface area contributed by atoms with Crippen LogP contribution in [0.5, 0.6) is 0 Å². The van der Waals surface area contributed by atoms with Gasteiger partial charge < -0.3 is 0 Å². The average Bonchev–Trinajstić information content (AvgIpc) is 2.91. The van der Waals surface area contributed by atoms with E-state index in [1.54, 1.807) is 0 Å². The van der Waals surface area contributed by atoms with Gasteiger partial charge in [0.1, 0.15) is 8.07 Å². The van der Waals surface area contributed by atoms with E-state index in [0.29, 0.717) is 0 Å². The van der Waals surface area contributed by atoms with Crippen molar-refractivity contribution in [3.63, 3.8) is 0 Å². The van der Waals surface area contributed by atoms with Crippen LogP contribution in [-0.4, -0.2) is 13.1 Å². The Morgan fingerprint density at radius 1 is 0.870 bits per heavy atom. The van der Waals surface area contributed by atoms with Crippen LogP contribution in [0.15, 0.2) is 5.38 Å². The number of rotatable bonds is 11. The van der Waals surface area contributed by atoms with Gasteiger partial charge in [-0.2, -0.15) is 0 Å². The molecule has 0 aromatic carbocycles. The van der Waals surface area contributed by atoms with Gasteiger partial charge in [0.2, 0.25) is 0 Å². The summed E-state index contributed by atoms with van der Waals surface area (Å²) in [5.74, 6) is 0. The van der Waals surface area contributed by atoms with Crippen LogP contribution in [0, 0.1) is 0 Å². The number of nitrogens with zero attached hydrogens (tertiary/aromatic N) is 1.